The Labute approximate surface area is 247 Å². The van der Waals surface area contributed by atoms with Gasteiger partial charge in [-0.1, -0.05) is 60.7 Å². The molecule has 42 heavy (non-hydrogen) atoms. The van der Waals surface area contributed by atoms with Gasteiger partial charge in [0.15, 0.2) is 5.82 Å². The second-order valence-electron chi connectivity index (χ2n) is 11.5. The van der Waals surface area contributed by atoms with Gasteiger partial charge in [0.2, 0.25) is 0 Å². The van der Waals surface area contributed by atoms with Gasteiger partial charge in [0, 0.05) is 29.9 Å². The molecule has 0 aliphatic heterocycles. The highest BCUT2D eigenvalue weighted by Gasteiger charge is 2.27. The van der Waals surface area contributed by atoms with Crippen molar-refractivity contribution in [3.63, 3.8) is 0 Å². The normalized spacial score (nSPS) is 12.3. The Morgan fingerprint density at radius 2 is 1.67 bits per heavy atom. The smallest absolute Gasteiger partial charge is 0.408 e. The van der Waals surface area contributed by atoms with Gasteiger partial charge < -0.3 is 24.3 Å². The predicted molar refractivity (Wildman–Crippen MR) is 165 cm³/mol. The molecule has 0 spiro atoms. The number of hydrogen-bond acceptors (Lipinski definition) is 5. The number of benzene rings is 3. The van der Waals surface area contributed by atoms with Crippen LogP contribution >= 0.6 is 0 Å². The van der Waals surface area contributed by atoms with Gasteiger partial charge in [-0.3, -0.25) is 0 Å². The van der Waals surface area contributed by atoms with Gasteiger partial charge in [0.1, 0.15) is 17.2 Å². The van der Waals surface area contributed by atoms with Crippen LogP contribution in [0.5, 0.6) is 5.75 Å². The Bertz CT molecular complexity index is 1600. The van der Waals surface area contributed by atoms with Crippen molar-refractivity contribution in [2.75, 3.05) is 7.11 Å². The Morgan fingerprint density at radius 1 is 0.929 bits per heavy atom. The summed E-state index contributed by atoms with van der Waals surface area (Å²) in [5, 5.41) is 13.6. The van der Waals surface area contributed by atoms with Gasteiger partial charge in [-0.25, -0.2) is 4.79 Å². The number of carbonyl (C=O) groups is 1. The lowest BCUT2D eigenvalue weighted by atomic mass is 10.0. The highest BCUT2D eigenvalue weighted by Crippen LogP contribution is 2.26. The SMILES string of the molecule is COc1ccc(Cn2c(CCCc3ccccc3)nnc2[C@@H](Cc2c[nH]c3ccccc23)NC(=O)OC(C)(C)C)cc1. The molecule has 3 aromatic carbocycles. The Hall–Kier alpha value is -4.59. The van der Waals surface area contributed by atoms with E-state index in [1.165, 1.54) is 5.56 Å². The molecule has 0 unspecified atom stereocenters. The van der Waals surface area contributed by atoms with E-state index in [1.807, 2.05) is 75.5 Å². The number of para-hydroxylation sites is 1. The lowest BCUT2D eigenvalue weighted by Gasteiger charge is -2.24. The molecule has 1 atom stereocenters. The number of methoxy groups -OCH3 is 1. The van der Waals surface area contributed by atoms with E-state index in [0.717, 1.165) is 52.9 Å². The zero-order chi connectivity index (χ0) is 29.5. The van der Waals surface area contributed by atoms with Crippen molar-refractivity contribution in [3.8, 4) is 5.75 Å². The number of carbonyl (C=O) groups excluding carboxylic acids is 1. The van der Waals surface area contributed by atoms with E-state index >= 15 is 0 Å². The van der Waals surface area contributed by atoms with Crippen molar-refractivity contribution in [2.45, 2.75) is 64.6 Å². The average molecular weight is 566 g/mol. The van der Waals surface area contributed by atoms with Crippen LogP contribution in [0.1, 0.15) is 61.6 Å². The maximum Gasteiger partial charge on any atom is 0.408 e. The van der Waals surface area contributed by atoms with Gasteiger partial charge in [0.25, 0.3) is 0 Å². The molecule has 5 aromatic rings. The minimum absolute atomic E-state index is 0.465. The van der Waals surface area contributed by atoms with E-state index in [1.54, 1.807) is 7.11 Å². The van der Waals surface area contributed by atoms with E-state index in [0.29, 0.717) is 18.8 Å². The Balaban J connectivity index is 1.48. The van der Waals surface area contributed by atoms with Crippen molar-refractivity contribution in [1.82, 2.24) is 25.1 Å². The van der Waals surface area contributed by atoms with Crippen molar-refractivity contribution in [1.29, 1.82) is 0 Å². The summed E-state index contributed by atoms with van der Waals surface area (Å²) >= 11 is 0. The molecule has 0 saturated carbocycles. The Kier molecular flexibility index (Phi) is 8.91. The third-order valence-electron chi connectivity index (χ3n) is 7.17. The molecule has 2 aromatic heterocycles. The zero-order valence-electron chi connectivity index (χ0n) is 24.8. The molecule has 0 aliphatic rings. The largest absolute Gasteiger partial charge is 0.497 e. The maximum absolute atomic E-state index is 13.1. The number of aromatic amines is 1. The summed E-state index contributed by atoms with van der Waals surface area (Å²) < 4.78 is 13.2. The van der Waals surface area contributed by atoms with E-state index in [4.69, 9.17) is 9.47 Å². The summed E-state index contributed by atoms with van der Waals surface area (Å²) in [6.07, 6.45) is 4.66. The monoisotopic (exact) mass is 565 g/mol. The van der Waals surface area contributed by atoms with Gasteiger partial charge in [0.05, 0.1) is 19.7 Å². The minimum atomic E-state index is -0.630. The van der Waals surface area contributed by atoms with Crippen LogP contribution in [0, 0.1) is 0 Å². The minimum Gasteiger partial charge on any atom is -0.497 e. The second kappa shape index (κ2) is 12.9. The van der Waals surface area contributed by atoms with Crippen LogP contribution in [-0.4, -0.2) is 38.6 Å². The number of hydrogen-bond donors (Lipinski definition) is 2. The van der Waals surface area contributed by atoms with Gasteiger partial charge in [-0.05, 0) is 68.5 Å². The molecule has 8 heteroatoms. The van der Waals surface area contributed by atoms with Gasteiger partial charge in [-0.15, -0.1) is 10.2 Å². The third-order valence-corrected chi connectivity index (χ3v) is 7.17. The van der Waals surface area contributed by atoms with E-state index in [-0.39, 0.29) is 0 Å². The standard InChI is InChI=1S/C34H39N5O3/c1-34(2,3)42-33(40)36-30(21-26-22-35-29-15-9-8-14-28(26)29)32-38-37-31(16-10-13-24-11-6-5-7-12-24)39(32)23-25-17-19-27(41-4)20-18-25/h5-9,11-12,14-15,17-20,22,30,35H,10,13,16,21,23H2,1-4H3,(H,36,40)/t30-/m1/s1. The molecule has 2 N–H and O–H groups in total. The van der Waals surface area contributed by atoms with E-state index in [9.17, 15) is 4.79 Å². The van der Waals surface area contributed by atoms with Gasteiger partial charge in [-0.2, -0.15) is 0 Å². The molecule has 8 nitrogen and oxygen atoms in total. The summed E-state index contributed by atoms with van der Waals surface area (Å²) in [4.78, 5) is 16.4. The summed E-state index contributed by atoms with van der Waals surface area (Å²) in [5.41, 5.74) is 3.88. The van der Waals surface area contributed by atoms with Crippen LogP contribution in [0.4, 0.5) is 4.79 Å². The quantitative estimate of drug-likeness (QED) is 0.184. The molecular formula is C34H39N5O3. The number of rotatable bonds is 11. The van der Waals surface area contributed by atoms with Crippen LogP contribution in [0.3, 0.4) is 0 Å². The summed E-state index contributed by atoms with van der Waals surface area (Å²) in [7, 11) is 1.66. The topological polar surface area (TPSA) is 94.1 Å². The molecule has 0 saturated heterocycles. The van der Waals surface area contributed by atoms with Crippen LogP contribution in [-0.2, 0) is 30.5 Å². The highest BCUT2D eigenvalue weighted by molar-refractivity contribution is 5.83. The number of aromatic nitrogens is 4. The molecule has 0 radical (unpaired) electrons. The summed E-state index contributed by atoms with van der Waals surface area (Å²) in [6.45, 7) is 6.14. The summed E-state index contributed by atoms with van der Waals surface area (Å²) in [6, 6.07) is 26.2. The second-order valence-corrected chi connectivity index (χ2v) is 11.5. The molecule has 1 amide bonds. The summed E-state index contributed by atoms with van der Waals surface area (Å²) in [5.74, 6) is 2.37. The fraction of sp³-hybridized carbons (Fsp3) is 0.324. The zero-order valence-corrected chi connectivity index (χ0v) is 24.8. The van der Waals surface area contributed by atoms with Crippen molar-refractivity contribution in [3.05, 3.63) is 113 Å². The number of nitrogens with one attached hydrogen (secondary N) is 2. The number of nitrogens with zero attached hydrogens (tertiary/aromatic N) is 3. The molecular weight excluding hydrogens is 526 g/mol. The fourth-order valence-electron chi connectivity index (χ4n) is 5.15. The first-order valence-electron chi connectivity index (χ1n) is 14.4. The van der Waals surface area contributed by atoms with E-state index in [2.05, 4.69) is 55.4 Å². The maximum atomic E-state index is 13.1. The number of H-pyrrole nitrogens is 1. The van der Waals surface area contributed by atoms with Crippen LogP contribution in [0.2, 0.25) is 0 Å². The number of amides is 1. The average Bonchev–Trinajstić information content (AvgIpc) is 3.56. The van der Waals surface area contributed by atoms with Gasteiger partial charge >= 0.3 is 6.09 Å². The van der Waals surface area contributed by atoms with Crippen molar-refractivity contribution >= 4 is 17.0 Å². The molecule has 0 fully saturated rings. The molecule has 0 bridgehead atoms. The number of ether oxygens (including phenoxy) is 2. The number of fused-ring (bicyclic) bond motifs is 1. The first-order chi connectivity index (χ1) is 20.3. The Morgan fingerprint density at radius 3 is 2.40 bits per heavy atom. The lowest BCUT2D eigenvalue weighted by molar-refractivity contribution is 0.0500. The third kappa shape index (κ3) is 7.37. The number of aryl methyl sites for hydroxylation is 2. The highest BCUT2D eigenvalue weighted by atomic mass is 16.6. The molecule has 0 aliphatic carbocycles. The van der Waals surface area contributed by atoms with E-state index < -0.39 is 17.7 Å². The van der Waals surface area contributed by atoms with Crippen LogP contribution < -0.4 is 10.1 Å². The number of alkyl carbamates (subject to hydrolysis) is 1. The fourth-order valence-corrected chi connectivity index (χ4v) is 5.15. The molecule has 2 heterocycles. The first-order valence-corrected chi connectivity index (χ1v) is 14.4. The molecule has 5 rings (SSSR count). The lowest BCUT2D eigenvalue weighted by Crippen LogP contribution is -2.37. The molecule has 218 valence electrons. The van der Waals surface area contributed by atoms with Crippen molar-refractivity contribution < 1.29 is 14.3 Å². The van der Waals surface area contributed by atoms with Crippen LogP contribution in [0.15, 0.2) is 85.1 Å². The van der Waals surface area contributed by atoms with Crippen molar-refractivity contribution in [2.24, 2.45) is 0 Å². The predicted octanol–water partition coefficient (Wildman–Crippen LogP) is 6.80. The first kappa shape index (κ1) is 28.9. The van der Waals surface area contributed by atoms with Crippen LogP contribution in [0.25, 0.3) is 10.9 Å².